The zero-order valence-corrected chi connectivity index (χ0v) is 23.3. The van der Waals surface area contributed by atoms with Gasteiger partial charge in [0.25, 0.3) is 0 Å². The van der Waals surface area contributed by atoms with Crippen LogP contribution in [0, 0.1) is 0 Å². The van der Waals surface area contributed by atoms with Crippen LogP contribution in [-0.2, 0) is 26.7 Å². The fourth-order valence-electron chi connectivity index (χ4n) is 1.76. The number of hydrogen-bond acceptors (Lipinski definition) is 10. The van der Waals surface area contributed by atoms with Crippen molar-refractivity contribution in [2.75, 3.05) is 51.1 Å². The summed E-state index contributed by atoms with van der Waals surface area (Å²) in [6.07, 6.45) is 0.00444. The molecule has 14 heteroatoms. The molecule has 0 heterocycles. The molecule has 0 fully saturated rings. The Morgan fingerprint density at radius 2 is 0.733 bits per heavy atom. The summed E-state index contributed by atoms with van der Waals surface area (Å²) in [5, 5.41) is 0. The van der Waals surface area contributed by atoms with Crippen molar-refractivity contribution in [2.24, 2.45) is 0 Å². The van der Waals surface area contributed by atoms with Crippen molar-refractivity contribution in [3.8, 4) is 0 Å². The standard InChI is InChI=1S/C8H24O5P2.C8H20O5P2/c1-5-14(9,10,6-2)13-15(11,12,7-3)8-4;1-5-9-14(10-6-2)13-15(11-7-3)12-8-4/h9-12H,5-8H2,1-4H3;5-8H2,1-4H3. The summed E-state index contributed by atoms with van der Waals surface area (Å²) in [7, 11) is -11.4. The van der Waals surface area contributed by atoms with E-state index in [1.54, 1.807) is 27.7 Å². The predicted octanol–water partition coefficient (Wildman–Crippen LogP) is 5.25. The average molecular weight is 520 g/mol. The molecule has 0 aromatic carbocycles. The van der Waals surface area contributed by atoms with E-state index < -0.39 is 31.8 Å². The third kappa shape index (κ3) is 13.8. The van der Waals surface area contributed by atoms with Crippen LogP contribution in [0.1, 0.15) is 55.4 Å². The van der Waals surface area contributed by atoms with E-state index >= 15 is 0 Å². The molecule has 0 aliphatic carbocycles. The summed E-state index contributed by atoms with van der Waals surface area (Å²) in [4.78, 5) is 40.1. The molecule has 0 saturated heterocycles. The average Bonchev–Trinajstić information content (AvgIpc) is 2.69. The molecule has 188 valence electrons. The Morgan fingerprint density at radius 3 is 0.900 bits per heavy atom. The van der Waals surface area contributed by atoms with Crippen LogP contribution in [0.15, 0.2) is 0 Å². The number of rotatable bonds is 16. The van der Waals surface area contributed by atoms with E-state index in [0.717, 1.165) is 0 Å². The van der Waals surface area contributed by atoms with Crippen molar-refractivity contribution < 1.29 is 46.3 Å². The van der Waals surface area contributed by atoms with Gasteiger partial charge in [-0.1, -0.05) is 0 Å². The first-order valence-corrected chi connectivity index (χ1v) is 17.4. The second-order valence-electron chi connectivity index (χ2n) is 6.15. The molecular weight excluding hydrogens is 476 g/mol. The summed E-state index contributed by atoms with van der Waals surface area (Å²) in [6, 6.07) is 0. The monoisotopic (exact) mass is 520 g/mol. The van der Waals surface area contributed by atoms with Crippen molar-refractivity contribution in [3.63, 3.8) is 0 Å². The molecule has 0 atom stereocenters. The van der Waals surface area contributed by atoms with Gasteiger partial charge in [0.1, 0.15) is 0 Å². The summed E-state index contributed by atoms with van der Waals surface area (Å²) >= 11 is 0. The molecule has 0 spiro atoms. The van der Waals surface area contributed by atoms with Gasteiger partial charge in [-0.15, -0.1) is 0 Å². The van der Waals surface area contributed by atoms with Crippen molar-refractivity contribution in [1.29, 1.82) is 0 Å². The first-order chi connectivity index (χ1) is 13.8. The molecule has 10 nitrogen and oxygen atoms in total. The molecule has 0 aliphatic rings. The normalized spacial score (nSPS) is 15.3. The molecule has 0 aromatic rings. The Kier molecular flexibility index (Phi) is 17.0. The van der Waals surface area contributed by atoms with E-state index in [2.05, 4.69) is 0 Å². The molecule has 30 heavy (non-hydrogen) atoms. The van der Waals surface area contributed by atoms with Crippen LogP contribution < -0.4 is 0 Å². The summed E-state index contributed by atoms with van der Waals surface area (Å²) in [5.74, 6) is 0. The maximum atomic E-state index is 10.0. The SMILES string of the molecule is CCOP(OCC)OP(OCC)OCC.CCP(O)(O)(CC)OP(O)(O)(CC)CC. The van der Waals surface area contributed by atoms with E-state index in [-0.39, 0.29) is 24.6 Å². The maximum absolute atomic E-state index is 10.0. The molecule has 0 aromatic heterocycles. The van der Waals surface area contributed by atoms with Gasteiger partial charge in [-0.2, -0.15) is 0 Å². The van der Waals surface area contributed by atoms with Crippen molar-refractivity contribution in [2.45, 2.75) is 55.4 Å². The topological polar surface area (TPSA) is 136 Å². The van der Waals surface area contributed by atoms with Crippen LogP contribution in [0.4, 0.5) is 0 Å². The molecule has 0 aliphatic heterocycles. The molecule has 0 saturated carbocycles. The molecular formula is C16H44O10P4. The fraction of sp³-hybridized carbons (Fsp3) is 1.00. The van der Waals surface area contributed by atoms with Gasteiger partial charge in [0, 0.05) is 0 Å². The van der Waals surface area contributed by atoms with Gasteiger partial charge in [-0.25, -0.2) is 4.31 Å². The van der Waals surface area contributed by atoms with Gasteiger partial charge in [0.2, 0.25) is 0 Å². The second kappa shape index (κ2) is 15.3. The molecule has 0 radical (unpaired) electrons. The van der Waals surface area contributed by atoms with Crippen molar-refractivity contribution in [1.82, 2.24) is 0 Å². The summed E-state index contributed by atoms with van der Waals surface area (Å²) in [6.45, 7) is 16.0. The van der Waals surface area contributed by atoms with Crippen LogP contribution in [0.5, 0.6) is 0 Å². The molecule has 0 bridgehead atoms. The van der Waals surface area contributed by atoms with Crippen LogP contribution in [0.25, 0.3) is 0 Å². The Hall–Kier alpha value is 1.32. The Morgan fingerprint density at radius 1 is 0.500 bits per heavy atom. The van der Waals surface area contributed by atoms with Crippen LogP contribution in [0.2, 0.25) is 0 Å². The quantitative estimate of drug-likeness (QED) is 0.200. The summed E-state index contributed by atoms with van der Waals surface area (Å²) in [5.41, 5.74) is 0. The Labute approximate surface area is 184 Å². The van der Waals surface area contributed by atoms with Gasteiger partial charge < -0.3 is 18.1 Å². The third-order valence-corrected chi connectivity index (χ3v) is 15.0. The number of hydrogen-bond donors (Lipinski definition) is 4. The van der Waals surface area contributed by atoms with Gasteiger partial charge >= 0.3 is 108 Å². The zero-order chi connectivity index (χ0) is 23.9. The van der Waals surface area contributed by atoms with Crippen molar-refractivity contribution in [3.05, 3.63) is 0 Å². The zero-order valence-electron chi connectivity index (χ0n) is 19.7. The van der Waals surface area contributed by atoms with Crippen LogP contribution in [0.3, 0.4) is 0 Å². The Balaban J connectivity index is 0. The van der Waals surface area contributed by atoms with E-state index in [1.807, 2.05) is 27.7 Å². The predicted molar refractivity (Wildman–Crippen MR) is 127 cm³/mol. The first-order valence-electron chi connectivity index (χ1n) is 10.3. The van der Waals surface area contributed by atoms with Gasteiger partial charge in [-0.05, 0) is 27.7 Å². The minimum absolute atomic E-state index is 0.00111. The van der Waals surface area contributed by atoms with Gasteiger partial charge in [0.05, 0.1) is 26.4 Å². The third-order valence-electron chi connectivity index (χ3n) is 3.99. The van der Waals surface area contributed by atoms with Crippen LogP contribution in [-0.4, -0.2) is 70.6 Å². The first kappa shape index (κ1) is 33.5. The van der Waals surface area contributed by atoms with Gasteiger partial charge in [0.15, 0.2) is 0 Å². The van der Waals surface area contributed by atoms with Crippen LogP contribution >= 0.6 is 31.8 Å². The minimum atomic E-state index is -4.36. The molecule has 0 rings (SSSR count). The van der Waals surface area contributed by atoms with E-state index in [1.165, 1.54) is 0 Å². The summed E-state index contributed by atoms with van der Waals surface area (Å²) < 4.78 is 31.7. The molecule has 0 amide bonds. The second-order valence-corrected chi connectivity index (χ2v) is 17.1. The Bertz CT molecular complexity index is 390. The molecule has 4 N–H and O–H groups in total. The van der Waals surface area contributed by atoms with E-state index in [0.29, 0.717) is 26.4 Å². The van der Waals surface area contributed by atoms with E-state index in [9.17, 15) is 19.6 Å². The van der Waals surface area contributed by atoms with E-state index in [4.69, 9.17) is 26.7 Å². The molecule has 0 unspecified atom stereocenters. The fourth-order valence-corrected chi connectivity index (χ4v) is 10.2. The van der Waals surface area contributed by atoms with Gasteiger partial charge in [-0.3, -0.25) is 0 Å². The van der Waals surface area contributed by atoms with Crippen molar-refractivity contribution >= 4 is 31.8 Å².